The molecule has 0 fully saturated rings. The van der Waals surface area contributed by atoms with Crippen molar-refractivity contribution in [3.8, 4) is 0 Å². The van der Waals surface area contributed by atoms with E-state index < -0.39 is 0 Å². The van der Waals surface area contributed by atoms with E-state index in [2.05, 4.69) is 35.1 Å². The molecule has 1 unspecified atom stereocenters. The third kappa shape index (κ3) is 6.20. The maximum absolute atomic E-state index is 4.17. The molecular weight excluding hydrogens is 210 g/mol. The molecule has 0 aromatic rings. The van der Waals surface area contributed by atoms with E-state index in [1.807, 2.05) is 24.4 Å². The molecule has 0 radical (unpaired) electrons. The Labute approximate surface area is 102 Å². The van der Waals surface area contributed by atoms with Crippen molar-refractivity contribution in [3.63, 3.8) is 0 Å². The average molecular weight is 227 g/mol. The molecule has 88 valence electrons. The molecule has 17 heavy (non-hydrogen) atoms. The molecule has 0 aliphatic carbocycles. The molecule has 0 saturated carbocycles. The van der Waals surface area contributed by atoms with Crippen molar-refractivity contribution in [2.24, 2.45) is 20.9 Å². The first-order chi connectivity index (χ1) is 8.18. The van der Waals surface area contributed by atoms with Gasteiger partial charge in [0.25, 0.3) is 0 Å². The van der Waals surface area contributed by atoms with Crippen molar-refractivity contribution >= 4 is 18.8 Å². The third-order valence-electron chi connectivity index (χ3n) is 2.01. The number of allylic oxidation sites excluding steroid dienone is 5. The lowest BCUT2D eigenvalue weighted by molar-refractivity contribution is 0.802. The van der Waals surface area contributed by atoms with Crippen LogP contribution in [-0.4, -0.2) is 25.3 Å². The highest BCUT2D eigenvalue weighted by Gasteiger charge is 1.93. The Morgan fingerprint density at radius 3 is 2.71 bits per heavy atom. The van der Waals surface area contributed by atoms with E-state index in [4.69, 9.17) is 0 Å². The number of rotatable bonds is 0. The van der Waals surface area contributed by atoms with Crippen molar-refractivity contribution in [3.05, 3.63) is 48.7 Å². The molecule has 0 aromatic carbocycles. The van der Waals surface area contributed by atoms with Crippen molar-refractivity contribution in [1.82, 2.24) is 0 Å². The van der Waals surface area contributed by atoms with Crippen molar-refractivity contribution in [1.29, 1.82) is 0 Å². The first-order valence-corrected chi connectivity index (χ1v) is 5.45. The minimum Gasteiger partial charge on any atom is -0.273 e. The highest BCUT2D eigenvalue weighted by atomic mass is 14.8. The zero-order valence-electron chi connectivity index (χ0n) is 10.1. The van der Waals surface area contributed by atoms with Gasteiger partial charge in [0.1, 0.15) is 6.34 Å². The summed E-state index contributed by atoms with van der Waals surface area (Å²) in [6.45, 7) is 10.5. The van der Waals surface area contributed by atoms with E-state index in [0.717, 1.165) is 11.1 Å². The molecule has 3 nitrogen and oxygen atoms in total. The second-order valence-electron chi connectivity index (χ2n) is 3.83. The summed E-state index contributed by atoms with van der Waals surface area (Å²) in [5.74, 6) is 0.293. The highest BCUT2D eigenvalue weighted by molar-refractivity contribution is 5.87. The summed E-state index contributed by atoms with van der Waals surface area (Å²) in [5, 5.41) is 0. The maximum Gasteiger partial charge on any atom is 0.109 e. The molecular formula is C14H17N3. The van der Waals surface area contributed by atoms with Gasteiger partial charge in [-0.25, -0.2) is 4.99 Å². The monoisotopic (exact) mass is 227 g/mol. The van der Waals surface area contributed by atoms with E-state index in [9.17, 15) is 0 Å². The van der Waals surface area contributed by atoms with Gasteiger partial charge in [0.15, 0.2) is 0 Å². The fraction of sp³-hybridized carbons (Fsp3) is 0.214. The van der Waals surface area contributed by atoms with Crippen LogP contribution >= 0.6 is 0 Å². The summed E-state index contributed by atoms with van der Waals surface area (Å²) in [4.78, 5) is 12.4. The maximum atomic E-state index is 4.17. The van der Waals surface area contributed by atoms with Gasteiger partial charge in [-0.2, -0.15) is 0 Å². The first-order valence-electron chi connectivity index (χ1n) is 5.45. The Bertz CT molecular complexity index is 423. The van der Waals surface area contributed by atoms with Crippen LogP contribution in [0.3, 0.4) is 0 Å². The Morgan fingerprint density at radius 2 is 1.88 bits per heavy atom. The van der Waals surface area contributed by atoms with Gasteiger partial charge >= 0.3 is 0 Å². The van der Waals surface area contributed by atoms with E-state index in [-0.39, 0.29) is 0 Å². The fourth-order valence-electron chi connectivity index (χ4n) is 1.08. The molecule has 1 rings (SSSR count). The summed E-state index contributed by atoms with van der Waals surface area (Å²) < 4.78 is 0. The molecule has 1 aliphatic heterocycles. The van der Waals surface area contributed by atoms with Gasteiger partial charge in [-0.3, -0.25) is 9.98 Å². The van der Waals surface area contributed by atoms with E-state index in [0.29, 0.717) is 12.5 Å². The van der Waals surface area contributed by atoms with E-state index in [1.165, 1.54) is 0 Å². The smallest absolute Gasteiger partial charge is 0.109 e. The summed E-state index contributed by atoms with van der Waals surface area (Å²) in [6, 6.07) is 0. The molecule has 1 aliphatic rings. The van der Waals surface area contributed by atoms with Crippen molar-refractivity contribution in [2.45, 2.75) is 6.92 Å². The van der Waals surface area contributed by atoms with Gasteiger partial charge < -0.3 is 0 Å². The zero-order valence-corrected chi connectivity index (χ0v) is 10.1. The molecule has 3 heteroatoms. The second kappa shape index (κ2) is 7.28. The molecule has 1 heterocycles. The van der Waals surface area contributed by atoms with Crippen LogP contribution in [0.5, 0.6) is 0 Å². The highest BCUT2D eigenvalue weighted by Crippen LogP contribution is 2.00. The molecule has 0 aromatic heterocycles. The summed E-state index contributed by atoms with van der Waals surface area (Å²) >= 11 is 0. The van der Waals surface area contributed by atoms with Crippen LogP contribution in [0.2, 0.25) is 0 Å². The van der Waals surface area contributed by atoms with Crippen molar-refractivity contribution in [2.75, 3.05) is 6.54 Å². The van der Waals surface area contributed by atoms with E-state index in [1.54, 1.807) is 18.8 Å². The zero-order chi connectivity index (χ0) is 12.5. The van der Waals surface area contributed by atoms with Crippen LogP contribution in [0.4, 0.5) is 0 Å². The average Bonchev–Trinajstić information content (AvgIpc) is 2.31. The summed E-state index contributed by atoms with van der Waals surface area (Å²) in [6.07, 6.45) is 12.4. The lowest BCUT2D eigenvalue weighted by Crippen LogP contribution is -2.00. The standard InChI is InChI=1S/C14H17N3/c1-12-4-5-13(2)8-16-11-17-10-14(3)9-15-7-6-12/h4-9,11,14H,1-2,10H2,3H3/b5-4-,7-6-,15-9-,16-8-,17-11-. The Kier molecular flexibility index (Phi) is 5.58. The van der Waals surface area contributed by atoms with Crippen LogP contribution < -0.4 is 0 Å². The van der Waals surface area contributed by atoms with Gasteiger partial charge in [-0.15, -0.1) is 0 Å². The number of hydrogen-bond acceptors (Lipinski definition) is 3. The molecule has 0 bridgehead atoms. The third-order valence-corrected chi connectivity index (χ3v) is 2.01. The molecule has 1 atom stereocenters. The Hall–Kier alpha value is -2.03. The van der Waals surface area contributed by atoms with Crippen molar-refractivity contribution < 1.29 is 0 Å². The number of hydrogen-bond donors (Lipinski definition) is 0. The molecule has 0 saturated heterocycles. The predicted molar refractivity (Wildman–Crippen MR) is 76.1 cm³/mol. The predicted octanol–water partition coefficient (Wildman–Crippen LogP) is 2.99. The van der Waals surface area contributed by atoms with E-state index >= 15 is 0 Å². The number of nitrogens with zero attached hydrogens (tertiary/aromatic N) is 3. The fourth-order valence-corrected chi connectivity index (χ4v) is 1.08. The SMILES string of the molecule is C=C1/C=C\N=C/C(C)C/N=C\N=C/C(=C)/C=C\1. The van der Waals surface area contributed by atoms with Gasteiger partial charge in [0, 0.05) is 31.1 Å². The largest absolute Gasteiger partial charge is 0.273 e. The topological polar surface area (TPSA) is 37.1 Å². The van der Waals surface area contributed by atoms with Gasteiger partial charge in [0.05, 0.1) is 0 Å². The minimum absolute atomic E-state index is 0.293. The van der Waals surface area contributed by atoms with Crippen LogP contribution in [-0.2, 0) is 0 Å². The van der Waals surface area contributed by atoms with Gasteiger partial charge in [-0.1, -0.05) is 32.2 Å². The first kappa shape index (κ1) is 13.0. The second-order valence-corrected chi connectivity index (χ2v) is 3.83. The molecule has 0 amide bonds. The minimum atomic E-state index is 0.293. The van der Waals surface area contributed by atoms with Gasteiger partial charge in [-0.05, 0) is 17.2 Å². The lowest BCUT2D eigenvalue weighted by atomic mass is 10.2. The van der Waals surface area contributed by atoms with Crippen LogP contribution in [0.15, 0.2) is 63.7 Å². The Balaban J connectivity index is 2.82. The van der Waals surface area contributed by atoms with Crippen LogP contribution in [0.1, 0.15) is 6.92 Å². The summed E-state index contributed by atoms with van der Waals surface area (Å²) in [7, 11) is 0. The van der Waals surface area contributed by atoms with Crippen LogP contribution in [0.25, 0.3) is 0 Å². The quantitative estimate of drug-likeness (QED) is 0.610. The summed E-state index contributed by atoms with van der Waals surface area (Å²) in [5.41, 5.74) is 1.68. The Morgan fingerprint density at radius 1 is 1.12 bits per heavy atom. The van der Waals surface area contributed by atoms with Gasteiger partial charge in [0.2, 0.25) is 0 Å². The molecule has 0 N–H and O–H groups in total. The van der Waals surface area contributed by atoms with Crippen LogP contribution in [0, 0.1) is 5.92 Å². The normalized spacial score (nSPS) is 31.2. The molecule has 0 spiro atoms. The lowest BCUT2D eigenvalue weighted by Gasteiger charge is -1.98. The number of aliphatic imine (C=N–C) groups is 3.